The number of aryl methyl sites for hydroxylation is 1. The summed E-state index contributed by atoms with van der Waals surface area (Å²) in [5.41, 5.74) is 2.74. The highest BCUT2D eigenvalue weighted by Crippen LogP contribution is 2.06. The smallest absolute Gasteiger partial charge is 0.0924 e. The molecule has 1 atom stereocenters. The number of rotatable bonds is 6. The molecule has 0 aromatic heterocycles. The SMILES string of the molecule is CCCc1ccc(CCNC(C)C#N)cc1. The first-order valence-corrected chi connectivity index (χ1v) is 5.97. The topological polar surface area (TPSA) is 35.8 Å². The fourth-order valence-electron chi connectivity index (χ4n) is 1.64. The molecule has 1 rings (SSSR count). The van der Waals surface area contributed by atoms with Gasteiger partial charge in [-0.15, -0.1) is 0 Å². The average Bonchev–Trinajstić information content (AvgIpc) is 2.31. The number of nitrogens with one attached hydrogen (secondary N) is 1. The Morgan fingerprint density at radius 1 is 1.19 bits per heavy atom. The molecule has 0 spiro atoms. The molecule has 0 aliphatic rings. The molecule has 86 valence electrons. The molecule has 16 heavy (non-hydrogen) atoms. The molecule has 0 radical (unpaired) electrons. The first kappa shape index (κ1) is 12.7. The molecule has 2 nitrogen and oxygen atoms in total. The van der Waals surface area contributed by atoms with Crippen molar-refractivity contribution in [1.29, 1.82) is 5.26 Å². The molecule has 0 saturated carbocycles. The van der Waals surface area contributed by atoms with Gasteiger partial charge in [-0.3, -0.25) is 0 Å². The van der Waals surface area contributed by atoms with Gasteiger partial charge < -0.3 is 5.32 Å². The van der Waals surface area contributed by atoms with Crippen molar-refractivity contribution in [3.8, 4) is 6.07 Å². The van der Waals surface area contributed by atoms with Crippen LogP contribution in [0.3, 0.4) is 0 Å². The second-order valence-corrected chi connectivity index (χ2v) is 4.12. The summed E-state index contributed by atoms with van der Waals surface area (Å²) in [4.78, 5) is 0. The van der Waals surface area contributed by atoms with Crippen LogP contribution in [0.1, 0.15) is 31.4 Å². The van der Waals surface area contributed by atoms with Crippen LogP contribution in [-0.2, 0) is 12.8 Å². The lowest BCUT2D eigenvalue weighted by Crippen LogP contribution is -2.26. The second-order valence-electron chi connectivity index (χ2n) is 4.12. The first-order chi connectivity index (χ1) is 7.76. The number of hydrogen-bond donors (Lipinski definition) is 1. The highest BCUT2D eigenvalue weighted by atomic mass is 14.9. The van der Waals surface area contributed by atoms with Crippen molar-refractivity contribution in [1.82, 2.24) is 5.32 Å². The number of nitriles is 1. The Kier molecular flexibility index (Phi) is 5.60. The normalized spacial score (nSPS) is 12.1. The molecule has 1 aromatic rings. The van der Waals surface area contributed by atoms with Gasteiger partial charge in [0, 0.05) is 6.54 Å². The van der Waals surface area contributed by atoms with Crippen LogP contribution in [0.4, 0.5) is 0 Å². The van der Waals surface area contributed by atoms with E-state index in [-0.39, 0.29) is 6.04 Å². The van der Waals surface area contributed by atoms with Gasteiger partial charge in [-0.25, -0.2) is 0 Å². The van der Waals surface area contributed by atoms with Gasteiger partial charge in [0.25, 0.3) is 0 Å². The van der Waals surface area contributed by atoms with Gasteiger partial charge in [0.1, 0.15) is 0 Å². The standard InChI is InChI=1S/C14H20N2/c1-3-4-13-5-7-14(8-6-13)9-10-16-12(2)11-15/h5-8,12,16H,3-4,9-10H2,1-2H3. The summed E-state index contributed by atoms with van der Waals surface area (Å²) in [7, 11) is 0. The monoisotopic (exact) mass is 216 g/mol. The first-order valence-electron chi connectivity index (χ1n) is 5.97. The van der Waals surface area contributed by atoms with E-state index in [9.17, 15) is 0 Å². The average molecular weight is 216 g/mol. The molecule has 0 bridgehead atoms. The molecular weight excluding hydrogens is 196 g/mol. The highest BCUT2D eigenvalue weighted by Gasteiger charge is 1.98. The minimum absolute atomic E-state index is 0.0561. The summed E-state index contributed by atoms with van der Waals surface area (Å²) in [5.74, 6) is 0. The molecular formula is C14H20N2. The van der Waals surface area contributed by atoms with Crippen molar-refractivity contribution < 1.29 is 0 Å². The summed E-state index contributed by atoms with van der Waals surface area (Å²) in [6, 6.07) is 10.9. The number of hydrogen-bond acceptors (Lipinski definition) is 2. The maximum Gasteiger partial charge on any atom is 0.0924 e. The van der Waals surface area contributed by atoms with Gasteiger partial charge in [-0.1, -0.05) is 37.6 Å². The molecule has 2 heteroatoms. The van der Waals surface area contributed by atoms with Crippen LogP contribution in [0.2, 0.25) is 0 Å². The highest BCUT2D eigenvalue weighted by molar-refractivity contribution is 5.22. The Hall–Kier alpha value is -1.33. The Bertz CT molecular complexity index is 335. The molecule has 1 N–H and O–H groups in total. The van der Waals surface area contributed by atoms with Crippen LogP contribution in [-0.4, -0.2) is 12.6 Å². The third-order valence-electron chi connectivity index (χ3n) is 2.62. The van der Waals surface area contributed by atoms with Gasteiger partial charge in [0.15, 0.2) is 0 Å². The van der Waals surface area contributed by atoms with E-state index >= 15 is 0 Å². The summed E-state index contributed by atoms with van der Waals surface area (Å²) < 4.78 is 0. The summed E-state index contributed by atoms with van der Waals surface area (Å²) in [5, 5.41) is 11.8. The van der Waals surface area contributed by atoms with E-state index in [1.54, 1.807) is 0 Å². The van der Waals surface area contributed by atoms with E-state index in [1.807, 2.05) is 6.92 Å². The van der Waals surface area contributed by atoms with Gasteiger partial charge in [0.05, 0.1) is 12.1 Å². The van der Waals surface area contributed by atoms with E-state index in [4.69, 9.17) is 5.26 Å². The molecule has 1 aromatic carbocycles. The zero-order valence-electron chi connectivity index (χ0n) is 10.2. The van der Waals surface area contributed by atoms with Crippen molar-refractivity contribution in [3.05, 3.63) is 35.4 Å². The Morgan fingerprint density at radius 2 is 1.75 bits per heavy atom. The fraction of sp³-hybridized carbons (Fsp3) is 0.500. The number of benzene rings is 1. The number of nitrogens with zero attached hydrogens (tertiary/aromatic N) is 1. The van der Waals surface area contributed by atoms with Crippen molar-refractivity contribution in [2.24, 2.45) is 0 Å². The van der Waals surface area contributed by atoms with Gasteiger partial charge in [-0.2, -0.15) is 5.26 Å². The molecule has 0 saturated heterocycles. The zero-order chi connectivity index (χ0) is 11.8. The zero-order valence-corrected chi connectivity index (χ0v) is 10.2. The van der Waals surface area contributed by atoms with E-state index in [2.05, 4.69) is 42.6 Å². The quantitative estimate of drug-likeness (QED) is 0.793. The fourth-order valence-corrected chi connectivity index (χ4v) is 1.64. The summed E-state index contributed by atoms with van der Waals surface area (Å²) in [6.45, 7) is 4.94. The van der Waals surface area contributed by atoms with E-state index < -0.39 is 0 Å². The Balaban J connectivity index is 2.35. The van der Waals surface area contributed by atoms with Crippen LogP contribution in [0.15, 0.2) is 24.3 Å². The Labute approximate surface area is 98.3 Å². The van der Waals surface area contributed by atoms with Crippen molar-refractivity contribution >= 4 is 0 Å². The minimum atomic E-state index is -0.0561. The lowest BCUT2D eigenvalue weighted by molar-refractivity contribution is 0.640. The van der Waals surface area contributed by atoms with Crippen molar-refractivity contribution in [2.45, 2.75) is 39.2 Å². The van der Waals surface area contributed by atoms with E-state index in [0.717, 1.165) is 19.4 Å². The van der Waals surface area contributed by atoms with Gasteiger partial charge >= 0.3 is 0 Å². The third-order valence-corrected chi connectivity index (χ3v) is 2.62. The van der Waals surface area contributed by atoms with Gasteiger partial charge in [-0.05, 0) is 30.9 Å². The third kappa shape index (κ3) is 4.46. The maximum atomic E-state index is 8.61. The minimum Gasteiger partial charge on any atom is -0.302 e. The maximum absolute atomic E-state index is 8.61. The molecule has 1 unspecified atom stereocenters. The molecule has 0 aliphatic heterocycles. The summed E-state index contributed by atoms with van der Waals surface area (Å²) in [6.07, 6.45) is 3.34. The Morgan fingerprint density at radius 3 is 2.25 bits per heavy atom. The van der Waals surface area contributed by atoms with Gasteiger partial charge in [0.2, 0.25) is 0 Å². The van der Waals surface area contributed by atoms with Crippen LogP contribution in [0, 0.1) is 11.3 Å². The van der Waals surface area contributed by atoms with Crippen molar-refractivity contribution in [3.63, 3.8) is 0 Å². The van der Waals surface area contributed by atoms with E-state index in [0.29, 0.717) is 0 Å². The van der Waals surface area contributed by atoms with E-state index in [1.165, 1.54) is 17.5 Å². The second kappa shape index (κ2) is 7.03. The lowest BCUT2D eigenvalue weighted by Gasteiger charge is -2.06. The van der Waals surface area contributed by atoms with Crippen LogP contribution < -0.4 is 5.32 Å². The molecule has 0 aliphatic carbocycles. The molecule has 0 heterocycles. The van der Waals surface area contributed by atoms with Crippen molar-refractivity contribution in [2.75, 3.05) is 6.54 Å². The largest absolute Gasteiger partial charge is 0.302 e. The predicted octanol–water partition coefficient (Wildman–Crippen LogP) is 2.68. The molecule has 0 fully saturated rings. The molecule has 0 amide bonds. The summed E-state index contributed by atoms with van der Waals surface area (Å²) >= 11 is 0. The van der Waals surface area contributed by atoms with Crippen LogP contribution in [0.5, 0.6) is 0 Å². The van der Waals surface area contributed by atoms with Crippen LogP contribution >= 0.6 is 0 Å². The van der Waals surface area contributed by atoms with Crippen LogP contribution in [0.25, 0.3) is 0 Å². The lowest BCUT2D eigenvalue weighted by atomic mass is 10.1. The predicted molar refractivity (Wildman–Crippen MR) is 67.2 cm³/mol.